The maximum absolute atomic E-state index is 10.6. The van der Waals surface area contributed by atoms with E-state index >= 15 is 0 Å². The molecule has 2 rings (SSSR count). The van der Waals surface area contributed by atoms with Gasteiger partial charge in [-0.3, -0.25) is 4.79 Å². The van der Waals surface area contributed by atoms with E-state index in [4.69, 9.17) is 5.73 Å². The summed E-state index contributed by atoms with van der Waals surface area (Å²) in [6.07, 6.45) is 4.88. The molecule has 0 aliphatic carbocycles. The first-order chi connectivity index (χ1) is 7.72. The Bertz CT molecular complexity index is 416. The zero-order valence-electron chi connectivity index (χ0n) is 9.00. The molecule has 1 aromatic carbocycles. The van der Waals surface area contributed by atoms with Crippen molar-refractivity contribution in [1.29, 1.82) is 0 Å². The summed E-state index contributed by atoms with van der Waals surface area (Å²) in [7, 11) is 0. The van der Waals surface area contributed by atoms with Gasteiger partial charge in [0, 0.05) is 18.0 Å². The number of carbonyl (C=O) groups excluding carboxylic acids is 1. The molecule has 0 aliphatic rings. The second-order valence-corrected chi connectivity index (χ2v) is 3.08. The predicted molar refractivity (Wildman–Crippen MR) is 61.7 cm³/mol. The van der Waals surface area contributed by atoms with Gasteiger partial charge in [0.15, 0.2) is 0 Å². The number of nitrogens with two attached hydrogens (primary N) is 1. The Morgan fingerprint density at radius 1 is 1.12 bits per heavy atom. The van der Waals surface area contributed by atoms with Crippen molar-refractivity contribution in [3.63, 3.8) is 0 Å². The Kier molecular flexibility index (Phi) is 4.66. The van der Waals surface area contributed by atoms with Crippen molar-refractivity contribution in [2.75, 3.05) is 0 Å². The van der Waals surface area contributed by atoms with Crippen LogP contribution in [0.2, 0.25) is 0 Å². The first-order valence-corrected chi connectivity index (χ1v) is 4.77. The monoisotopic (exact) mass is 215 g/mol. The quantitative estimate of drug-likeness (QED) is 0.785. The highest BCUT2D eigenvalue weighted by atomic mass is 16.1. The van der Waals surface area contributed by atoms with Crippen LogP contribution in [0.25, 0.3) is 0 Å². The van der Waals surface area contributed by atoms with Crippen LogP contribution in [0.5, 0.6) is 0 Å². The largest absolute Gasteiger partial charge is 0.366 e. The lowest BCUT2D eigenvalue weighted by molar-refractivity contribution is 0.0999. The molecule has 0 fully saturated rings. The van der Waals surface area contributed by atoms with Crippen LogP contribution in [0.1, 0.15) is 15.9 Å². The lowest BCUT2D eigenvalue weighted by Gasteiger charge is -1.97. The highest BCUT2D eigenvalue weighted by Gasteiger charge is 2.00. The van der Waals surface area contributed by atoms with Crippen molar-refractivity contribution < 1.29 is 4.79 Å². The van der Waals surface area contributed by atoms with Crippen molar-refractivity contribution in [2.24, 2.45) is 5.73 Å². The van der Waals surface area contributed by atoms with E-state index in [-0.39, 0.29) is 5.91 Å². The number of carbonyl (C=O) groups is 1. The minimum atomic E-state index is -0.363. The van der Waals surface area contributed by atoms with Crippen LogP contribution in [0.15, 0.2) is 49.1 Å². The molecular formula is C12H13N3O. The number of nitrogens with zero attached hydrogens (tertiary/aromatic N) is 2. The first-order valence-electron chi connectivity index (χ1n) is 4.77. The summed E-state index contributed by atoms with van der Waals surface area (Å²) in [5.74, 6) is -0.363. The van der Waals surface area contributed by atoms with E-state index in [1.54, 1.807) is 30.6 Å². The van der Waals surface area contributed by atoms with Crippen molar-refractivity contribution in [3.05, 3.63) is 60.2 Å². The van der Waals surface area contributed by atoms with Gasteiger partial charge in [0.2, 0.25) is 5.91 Å². The average molecular weight is 215 g/mol. The standard InChI is InChI=1S/C8H9NO.C4H4N2/c1-6-4-2-3-5-7(6)8(9)10;1-2-5-4-6-3-1/h2-5H,1H3,(H2,9,10);1-4H. The van der Waals surface area contributed by atoms with Gasteiger partial charge in [-0.05, 0) is 24.6 Å². The highest BCUT2D eigenvalue weighted by Crippen LogP contribution is 2.04. The number of benzene rings is 1. The lowest BCUT2D eigenvalue weighted by Crippen LogP contribution is -2.12. The van der Waals surface area contributed by atoms with E-state index < -0.39 is 0 Å². The molecule has 0 saturated carbocycles. The molecule has 4 heteroatoms. The van der Waals surface area contributed by atoms with Crippen molar-refractivity contribution in [3.8, 4) is 0 Å². The number of aryl methyl sites for hydroxylation is 1. The number of hydrogen-bond donors (Lipinski definition) is 1. The molecule has 82 valence electrons. The molecular weight excluding hydrogens is 202 g/mol. The molecule has 1 heterocycles. The van der Waals surface area contributed by atoms with E-state index in [9.17, 15) is 4.79 Å². The molecule has 0 radical (unpaired) electrons. The second-order valence-electron chi connectivity index (χ2n) is 3.08. The summed E-state index contributed by atoms with van der Waals surface area (Å²) in [5, 5.41) is 0. The molecule has 0 spiro atoms. The Labute approximate surface area is 94.2 Å². The van der Waals surface area contributed by atoms with Crippen LogP contribution in [0, 0.1) is 6.92 Å². The molecule has 2 aromatic rings. The highest BCUT2D eigenvalue weighted by molar-refractivity contribution is 5.94. The summed E-state index contributed by atoms with van der Waals surface area (Å²) in [5.41, 5.74) is 6.60. The maximum Gasteiger partial charge on any atom is 0.248 e. The third kappa shape index (κ3) is 3.88. The van der Waals surface area contributed by atoms with Crippen LogP contribution in [0.3, 0.4) is 0 Å². The fourth-order valence-corrected chi connectivity index (χ4v) is 1.10. The fraction of sp³-hybridized carbons (Fsp3) is 0.0833. The van der Waals surface area contributed by atoms with Crippen LogP contribution in [-0.2, 0) is 0 Å². The molecule has 1 amide bonds. The minimum absolute atomic E-state index is 0.363. The van der Waals surface area contributed by atoms with Crippen LogP contribution in [-0.4, -0.2) is 15.9 Å². The van der Waals surface area contributed by atoms with Crippen molar-refractivity contribution in [1.82, 2.24) is 9.97 Å². The molecule has 0 aliphatic heterocycles. The van der Waals surface area contributed by atoms with Crippen molar-refractivity contribution in [2.45, 2.75) is 6.92 Å². The van der Waals surface area contributed by atoms with E-state index in [0.29, 0.717) is 5.56 Å². The van der Waals surface area contributed by atoms with E-state index in [0.717, 1.165) is 5.56 Å². The number of rotatable bonds is 1. The van der Waals surface area contributed by atoms with Gasteiger partial charge in [-0.2, -0.15) is 0 Å². The summed E-state index contributed by atoms with van der Waals surface area (Å²) < 4.78 is 0. The summed E-state index contributed by atoms with van der Waals surface area (Å²) in [6.45, 7) is 1.86. The molecule has 1 aromatic heterocycles. The molecule has 16 heavy (non-hydrogen) atoms. The third-order valence-corrected chi connectivity index (χ3v) is 1.89. The second kappa shape index (κ2) is 6.29. The minimum Gasteiger partial charge on any atom is -0.366 e. The SMILES string of the molecule is Cc1ccccc1C(N)=O.c1cncnc1. The zero-order chi connectivity index (χ0) is 11.8. The topological polar surface area (TPSA) is 68.9 Å². The number of aromatic nitrogens is 2. The van der Waals surface area contributed by atoms with Gasteiger partial charge in [0.25, 0.3) is 0 Å². The van der Waals surface area contributed by atoms with E-state index in [1.165, 1.54) is 6.33 Å². The molecule has 0 atom stereocenters. The number of hydrogen-bond acceptors (Lipinski definition) is 3. The van der Waals surface area contributed by atoms with Gasteiger partial charge >= 0.3 is 0 Å². The Hall–Kier alpha value is -2.23. The van der Waals surface area contributed by atoms with Gasteiger partial charge in [0.05, 0.1) is 0 Å². The number of amides is 1. The third-order valence-electron chi connectivity index (χ3n) is 1.89. The van der Waals surface area contributed by atoms with Gasteiger partial charge in [-0.25, -0.2) is 9.97 Å². The molecule has 2 N–H and O–H groups in total. The lowest BCUT2D eigenvalue weighted by atomic mass is 10.1. The fourth-order valence-electron chi connectivity index (χ4n) is 1.10. The number of primary amides is 1. The average Bonchev–Trinajstić information content (AvgIpc) is 2.32. The molecule has 4 nitrogen and oxygen atoms in total. The Morgan fingerprint density at radius 2 is 1.75 bits per heavy atom. The van der Waals surface area contributed by atoms with Gasteiger partial charge in [-0.15, -0.1) is 0 Å². The maximum atomic E-state index is 10.6. The molecule has 0 bridgehead atoms. The van der Waals surface area contributed by atoms with Crippen molar-refractivity contribution >= 4 is 5.91 Å². The molecule has 0 unspecified atom stereocenters. The molecule has 0 saturated heterocycles. The van der Waals surface area contributed by atoms with Gasteiger partial charge in [-0.1, -0.05) is 18.2 Å². The zero-order valence-corrected chi connectivity index (χ0v) is 9.00. The Balaban J connectivity index is 0.000000181. The van der Waals surface area contributed by atoms with Gasteiger partial charge in [0.1, 0.15) is 6.33 Å². The van der Waals surface area contributed by atoms with E-state index in [2.05, 4.69) is 9.97 Å². The summed E-state index contributed by atoms with van der Waals surface area (Å²) in [6, 6.07) is 9.03. The summed E-state index contributed by atoms with van der Waals surface area (Å²) >= 11 is 0. The van der Waals surface area contributed by atoms with E-state index in [1.807, 2.05) is 19.1 Å². The normalized spacial score (nSPS) is 8.81. The van der Waals surface area contributed by atoms with Crippen LogP contribution >= 0.6 is 0 Å². The van der Waals surface area contributed by atoms with Crippen LogP contribution < -0.4 is 5.73 Å². The predicted octanol–water partition coefficient (Wildman–Crippen LogP) is 1.57. The smallest absolute Gasteiger partial charge is 0.248 e. The summed E-state index contributed by atoms with van der Waals surface area (Å²) in [4.78, 5) is 18.0. The Morgan fingerprint density at radius 3 is 2.06 bits per heavy atom. The van der Waals surface area contributed by atoms with Gasteiger partial charge < -0.3 is 5.73 Å². The first kappa shape index (κ1) is 11.8. The van der Waals surface area contributed by atoms with Crippen LogP contribution in [0.4, 0.5) is 0 Å².